The minimum atomic E-state index is -0.890. The zero-order valence-corrected chi connectivity index (χ0v) is 10.7. The third kappa shape index (κ3) is 2.93. The molecule has 0 aliphatic heterocycles. The van der Waals surface area contributed by atoms with Gasteiger partial charge in [0, 0.05) is 10.9 Å². The van der Waals surface area contributed by atoms with Crippen molar-refractivity contribution in [3.8, 4) is 22.8 Å². The quantitative estimate of drug-likeness (QED) is 0.589. The second-order valence-corrected chi connectivity index (χ2v) is 5.47. The molecule has 0 radical (unpaired) electrons. The molecule has 0 unspecified atom stereocenters. The molecule has 5 nitrogen and oxygen atoms in total. The van der Waals surface area contributed by atoms with Gasteiger partial charge < -0.3 is 15.3 Å². The highest BCUT2D eigenvalue weighted by Crippen LogP contribution is 2.33. The van der Waals surface area contributed by atoms with Crippen molar-refractivity contribution < 1.29 is 20.1 Å². The zero-order valence-electron chi connectivity index (χ0n) is 9.03. The Hall–Kier alpha value is -1.73. The van der Waals surface area contributed by atoms with Crippen LogP contribution in [0.3, 0.4) is 0 Å². The van der Waals surface area contributed by atoms with E-state index in [1.807, 2.05) is 0 Å². The number of aromatic nitrogens is 1. The van der Waals surface area contributed by atoms with Crippen molar-refractivity contribution in [2.24, 2.45) is 0 Å². The van der Waals surface area contributed by atoms with Crippen LogP contribution in [0, 0.1) is 0 Å². The summed E-state index contributed by atoms with van der Waals surface area (Å²) in [5.74, 6) is -1.32. The molecule has 3 N–H and O–H groups in total. The van der Waals surface area contributed by atoms with Gasteiger partial charge in [0.25, 0.3) is 0 Å². The SMILES string of the molecule is O=C(O)CSc1nc(-c2ccc(O)c(O)c2)cs1. The van der Waals surface area contributed by atoms with Crippen LogP contribution in [-0.4, -0.2) is 32.0 Å². The van der Waals surface area contributed by atoms with Gasteiger partial charge in [-0.25, -0.2) is 4.98 Å². The molecule has 0 amide bonds. The Bertz CT molecular complexity index is 582. The van der Waals surface area contributed by atoms with Crippen molar-refractivity contribution in [2.75, 3.05) is 5.75 Å². The molecule has 1 heterocycles. The van der Waals surface area contributed by atoms with E-state index in [1.165, 1.54) is 23.5 Å². The predicted molar refractivity (Wildman–Crippen MR) is 69.2 cm³/mol. The predicted octanol–water partition coefficient (Wildman–Crippen LogP) is 2.40. The lowest BCUT2D eigenvalue weighted by molar-refractivity contribution is -0.133. The summed E-state index contributed by atoms with van der Waals surface area (Å²) >= 11 is 2.49. The fraction of sp³-hybridized carbons (Fsp3) is 0.0909. The van der Waals surface area contributed by atoms with Gasteiger partial charge in [-0.05, 0) is 18.2 Å². The van der Waals surface area contributed by atoms with Gasteiger partial charge in [0.1, 0.15) is 0 Å². The van der Waals surface area contributed by atoms with Crippen LogP contribution < -0.4 is 0 Å². The molecule has 0 saturated heterocycles. The maximum Gasteiger partial charge on any atom is 0.313 e. The Morgan fingerprint density at radius 2 is 2.11 bits per heavy atom. The number of nitrogens with zero attached hydrogens (tertiary/aromatic N) is 1. The number of aromatic hydroxyl groups is 2. The second-order valence-electron chi connectivity index (χ2n) is 3.38. The first-order chi connectivity index (χ1) is 8.56. The largest absolute Gasteiger partial charge is 0.504 e. The number of rotatable bonds is 4. The van der Waals surface area contributed by atoms with Gasteiger partial charge in [-0.1, -0.05) is 11.8 Å². The number of aliphatic carboxylic acids is 1. The smallest absolute Gasteiger partial charge is 0.313 e. The maximum absolute atomic E-state index is 10.4. The summed E-state index contributed by atoms with van der Waals surface area (Å²) in [5, 5.41) is 28.9. The van der Waals surface area contributed by atoms with Crippen LogP contribution in [0.4, 0.5) is 0 Å². The molecule has 0 spiro atoms. The molecular weight excluding hydrogens is 274 g/mol. The van der Waals surface area contributed by atoms with Gasteiger partial charge in [-0.15, -0.1) is 11.3 Å². The third-order valence-electron chi connectivity index (χ3n) is 2.07. The number of hydrogen-bond acceptors (Lipinski definition) is 6. The maximum atomic E-state index is 10.4. The summed E-state index contributed by atoms with van der Waals surface area (Å²) < 4.78 is 0.653. The third-order valence-corrected chi connectivity index (χ3v) is 4.08. The number of thiazole rings is 1. The standard InChI is InChI=1S/C11H9NO4S2/c13-8-2-1-6(3-9(8)14)7-4-17-11(12-7)18-5-10(15)16/h1-4,13-14H,5H2,(H,15,16). The molecule has 18 heavy (non-hydrogen) atoms. The summed E-state index contributed by atoms with van der Waals surface area (Å²) in [7, 11) is 0. The number of thioether (sulfide) groups is 1. The van der Waals surface area contributed by atoms with Gasteiger partial charge >= 0.3 is 5.97 Å². The van der Waals surface area contributed by atoms with E-state index in [0.717, 1.165) is 11.8 Å². The zero-order chi connectivity index (χ0) is 13.1. The average molecular weight is 283 g/mol. The number of benzene rings is 1. The van der Waals surface area contributed by atoms with Gasteiger partial charge in [0.15, 0.2) is 15.8 Å². The molecule has 7 heteroatoms. The van der Waals surface area contributed by atoms with Crippen LogP contribution in [0.25, 0.3) is 11.3 Å². The molecule has 0 aliphatic carbocycles. The van der Waals surface area contributed by atoms with Crippen molar-refractivity contribution in [1.82, 2.24) is 4.98 Å². The van der Waals surface area contributed by atoms with Gasteiger partial charge in [0.05, 0.1) is 11.4 Å². The molecular formula is C11H9NO4S2. The number of carbonyl (C=O) groups is 1. The normalized spacial score (nSPS) is 10.4. The molecule has 0 fully saturated rings. The van der Waals surface area contributed by atoms with Gasteiger partial charge in [-0.3, -0.25) is 4.79 Å². The van der Waals surface area contributed by atoms with E-state index in [9.17, 15) is 15.0 Å². The number of phenols is 2. The molecule has 0 saturated carbocycles. The lowest BCUT2D eigenvalue weighted by atomic mass is 10.1. The summed E-state index contributed by atoms with van der Waals surface area (Å²) in [6, 6.07) is 4.43. The Balaban J connectivity index is 2.18. The van der Waals surface area contributed by atoms with Crippen molar-refractivity contribution in [1.29, 1.82) is 0 Å². The first-order valence-corrected chi connectivity index (χ1v) is 6.75. The summed E-state index contributed by atoms with van der Waals surface area (Å²) in [6.07, 6.45) is 0. The first-order valence-electron chi connectivity index (χ1n) is 4.89. The molecule has 2 aromatic rings. The minimum Gasteiger partial charge on any atom is -0.504 e. The summed E-state index contributed by atoms with van der Waals surface area (Å²) in [6.45, 7) is 0. The Morgan fingerprint density at radius 1 is 1.33 bits per heavy atom. The van der Waals surface area contributed by atoms with Crippen LogP contribution in [0.1, 0.15) is 0 Å². The van der Waals surface area contributed by atoms with Crippen LogP contribution in [0.2, 0.25) is 0 Å². The van der Waals surface area contributed by atoms with E-state index >= 15 is 0 Å². The highest BCUT2D eigenvalue weighted by Gasteiger charge is 2.09. The van der Waals surface area contributed by atoms with E-state index in [-0.39, 0.29) is 17.3 Å². The Kier molecular flexibility index (Phi) is 3.73. The molecule has 1 aromatic carbocycles. The molecule has 94 valence electrons. The van der Waals surface area contributed by atoms with Crippen molar-refractivity contribution in [3.05, 3.63) is 23.6 Å². The van der Waals surface area contributed by atoms with E-state index in [1.54, 1.807) is 11.4 Å². The van der Waals surface area contributed by atoms with E-state index in [2.05, 4.69) is 4.98 Å². The molecule has 0 aliphatic rings. The van der Waals surface area contributed by atoms with Crippen LogP contribution >= 0.6 is 23.1 Å². The lowest BCUT2D eigenvalue weighted by Gasteiger charge is -2.00. The second kappa shape index (κ2) is 5.28. The van der Waals surface area contributed by atoms with Crippen LogP contribution in [0.15, 0.2) is 27.9 Å². The fourth-order valence-electron chi connectivity index (χ4n) is 1.26. The molecule has 0 bridgehead atoms. The first kappa shape index (κ1) is 12.7. The highest BCUT2D eigenvalue weighted by molar-refractivity contribution is 8.01. The Morgan fingerprint density at radius 3 is 2.78 bits per heavy atom. The topological polar surface area (TPSA) is 90.7 Å². The monoisotopic (exact) mass is 283 g/mol. The van der Waals surface area contributed by atoms with Crippen molar-refractivity contribution in [2.45, 2.75) is 4.34 Å². The van der Waals surface area contributed by atoms with Crippen LogP contribution in [-0.2, 0) is 4.79 Å². The van der Waals surface area contributed by atoms with Gasteiger partial charge in [0.2, 0.25) is 0 Å². The van der Waals surface area contributed by atoms with Crippen LogP contribution in [0.5, 0.6) is 11.5 Å². The van der Waals surface area contributed by atoms with E-state index < -0.39 is 5.97 Å². The number of hydrogen-bond donors (Lipinski definition) is 3. The number of carboxylic acid groups (broad SMARTS) is 1. The fourth-order valence-corrected chi connectivity index (χ4v) is 2.82. The number of phenolic OH excluding ortho intramolecular Hbond substituents is 2. The summed E-state index contributed by atoms with van der Waals surface area (Å²) in [4.78, 5) is 14.7. The highest BCUT2D eigenvalue weighted by atomic mass is 32.2. The van der Waals surface area contributed by atoms with E-state index in [0.29, 0.717) is 15.6 Å². The lowest BCUT2D eigenvalue weighted by Crippen LogP contribution is -1.96. The minimum absolute atomic E-state index is 0.0339. The number of carboxylic acids is 1. The van der Waals surface area contributed by atoms with Gasteiger partial charge in [-0.2, -0.15) is 0 Å². The molecule has 0 atom stereocenters. The average Bonchev–Trinajstić information content (AvgIpc) is 2.79. The molecule has 1 aromatic heterocycles. The van der Waals surface area contributed by atoms with Crippen molar-refractivity contribution in [3.63, 3.8) is 0 Å². The molecule has 2 rings (SSSR count). The summed E-state index contributed by atoms with van der Waals surface area (Å²) in [5.41, 5.74) is 1.31. The van der Waals surface area contributed by atoms with Crippen molar-refractivity contribution >= 4 is 29.1 Å². The van der Waals surface area contributed by atoms with E-state index in [4.69, 9.17) is 5.11 Å². The Labute approximate surface area is 111 Å².